The van der Waals surface area contributed by atoms with Gasteiger partial charge in [0.15, 0.2) is 0 Å². The van der Waals surface area contributed by atoms with Gasteiger partial charge < -0.3 is 5.11 Å². The van der Waals surface area contributed by atoms with Gasteiger partial charge in [0.2, 0.25) is 0 Å². The van der Waals surface area contributed by atoms with Crippen LogP contribution in [0.15, 0.2) is 27.7 Å². The molecule has 3 heterocycles. The zero-order valence-electron chi connectivity index (χ0n) is 12.9. The van der Waals surface area contributed by atoms with Crippen LogP contribution >= 0.6 is 22.7 Å². The van der Waals surface area contributed by atoms with E-state index < -0.39 is 12.0 Å². The average molecular weight is 348 g/mol. The number of aromatic nitrogens is 2. The quantitative estimate of drug-likeness (QED) is 0.775. The van der Waals surface area contributed by atoms with Crippen LogP contribution in [-0.4, -0.2) is 20.6 Å². The van der Waals surface area contributed by atoms with Crippen LogP contribution < -0.4 is 5.56 Å². The molecule has 0 aliphatic rings. The molecule has 23 heavy (non-hydrogen) atoms. The second-order valence-electron chi connectivity index (χ2n) is 5.62. The number of hydrogen-bond donors (Lipinski definition) is 1. The van der Waals surface area contributed by atoms with E-state index in [0.29, 0.717) is 16.0 Å². The Morgan fingerprint density at radius 2 is 2.04 bits per heavy atom. The Labute approximate surface area is 140 Å². The van der Waals surface area contributed by atoms with Gasteiger partial charge >= 0.3 is 5.97 Å². The summed E-state index contributed by atoms with van der Waals surface area (Å²) >= 11 is 2.97. The second kappa shape index (κ2) is 5.90. The van der Waals surface area contributed by atoms with Gasteiger partial charge in [0.25, 0.3) is 5.56 Å². The van der Waals surface area contributed by atoms with Gasteiger partial charge in [0.1, 0.15) is 16.7 Å². The number of fused-ring (bicyclic) bond motifs is 1. The molecule has 3 aromatic rings. The average Bonchev–Trinajstić information content (AvgIpc) is 3.14. The number of carbonyl (C=O) groups is 1. The monoisotopic (exact) mass is 348 g/mol. The van der Waals surface area contributed by atoms with Crippen LogP contribution in [0.2, 0.25) is 0 Å². The van der Waals surface area contributed by atoms with E-state index >= 15 is 0 Å². The Morgan fingerprint density at radius 1 is 1.30 bits per heavy atom. The van der Waals surface area contributed by atoms with E-state index in [1.807, 2.05) is 36.7 Å². The molecule has 0 spiro atoms. The summed E-state index contributed by atoms with van der Waals surface area (Å²) in [4.78, 5) is 30.7. The molecule has 0 saturated heterocycles. The van der Waals surface area contributed by atoms with E-state index in [9.17, 15) is 14.7 Å². The highest BCUT2D eigenvalue weighted by atomic mass is 32.1. The molecular weight excluding hydrogens is 332 g/mol. The minimum atomic E-state index is -1.04. The Morgan fingerprint density at radius 3 is 2.61 bits per heavy atom. The van der Waals surface area contributed by atoms with Crippen molar-refractivity contribution in [2.45, 2.75) is 32.7 Å². The molecule has 5 nitrogen and oxygen atoms in total. The molecule has 1 atom stereocenters. The topological polar surface area (TPSA) is 72.2 Å². The van der Waals surface area contributed by atoms with Gasteiger partial charge in [-0.25, -0.2) is 9.78 Å². The van der Waals surface area contributed by atoms with Crippen molar-refractivity contribution in [2.75, 3.05) is 0 Å². The van der Waals surface area contributed by atoms with Crippen LogP contribution in [0.4, 0.5) is 0 Å². The summed E-state index contributed by atoms with van der Waals surface area (Å²) in [5.74, 6) is -0.568. The summed E-state index contributed by atoms with van der Waals surface area (Å²) < 4.78 is 1.32. The molecule has 0 bridgehead atoms. The summed E-state index contributed by atoms with van der Waals surface area (Å²) in [5, 5.41) is 13.7. The fourth-order valence-electron chi connectivity index (χ4n) is 2.52. The third-order valence-electron chi connectivity index (χ3n) is 3.71. The highest BCUT2D eigenvalue weighted by Crippen LogP contribution is 2.34. The third kappa shape index (κ3) is 2.60. The van der Waals surface area contributed by atoms with Gasteiger partial charge in [0, 0.05) is 21.7 Å². The number of aliphatic carboxylic acids is 1. The molecular formula is C16H16N2O3S2. The predicted molar refractivity (Wildman–Crippen MR) is 93.6 cm³/mol. The Hall–Kier alpha value is -1.99. The molecule has 3 rings (SSSR count). The zero-order valence-corrected chi connectivity index (χ0v) is 14.6. The minimum Gasteiger partial charge on any atom is -0.480 e. The molecule has 0 radical (unpaired) electrons. The van der Waals surface area contributed by atoms with E-state index in [4.69, 9.17) is 0 Å². The Bertz CT molecular complexity index is 923. The number of carboxylic acid groups (broad SMARTS) is 1. The SMILES string of the molecule is CC(C)c1nc2scc(-c3cccs3)c2c(=O)n1C(C)C(=O)O. The van der Waals surface area contributed by atoms with Gasteiger partial charge in [-0.2, -0.15) is 0 Å². The van der Waals surface area contributed by atoms with Crippen molar-refractivity contribution in [2.24, 2.45) is 0 Å². The maximum absolute atomic E-state index is 13.0. The molecule has 0 aliphatic carbocycles. The molecule has 0 amide bonds. The van der Waals surface area contributed by atoms with Gasteiger partial charge in [-0.05, 0) is 18.4 Å². The maximum Gasteiger partial charge on any atom is 0.326 e. The van der Waals surface area contributed by atoms with Crippen LogP contribution in [0.25, 0.3) is 20.7 Å². The molecule has 1 unspecified atom stereocenters. The molecule has 0 fully saturated rings. The molecule has 0 aliphatic heterocycles. The molecule has 7 heteroatoms. The molecule has 0 aromatic carbocycles. The number of thiophene rings is 2. The highest BCUT2D eigenvalue weighted by molar-refractivity contribution is 7.18. The van der Waals surface area contributed by atoms with Gasteiger partial charge in [0.05, 0.1) is 5.39 Å². The third-order valence-corrected chi connectivity index (χ3v) is 5.49. The standard InChI is InChI=1S/C16H16N2O3S2/c1-8(2)13-17-14-12(15(19)18(13)9(3)16(20)21)10(7-23-14)11-5-4-6-22-11/h4-9H,1-3H3,(H,20,21). The molecule has 1 N–H and O–H groups in total. The predicted octanol–water partition coefficient (Wildman–Crippen LogP) is 3.96. The van der Waals surface area contributed by atoms with Crippen molar-refractivity contribution in [3.8, 4) is 10.4 Å². The van der Waals surface area contributed by atoms with E-state index in [0.717, 1.165) is 10.4 Å². The summed E-state index contributed by atoms with van der Waals surface area (Å²) in [6, 6.07) is 2.93. The van der Waals surface area contributed by atoms with E-state index in [2.05, 4.69) is 4.98 Å². The van der Waals surface area contributed by atoms with Crippen molar-refractivity contribution >= 4 is 38.9 Å². The fraction of sp³-hybridized carbons (Fsp3) is 0.312. The summed E-state index contributed by atoms with van der Waals surface area (Å²) in [6.07, 6.45) is 0. The fourth-order valence-corrected chi connectivity index (χ4v) is 4.28. The van der Waals surface area contributed by atoms with Gasteiger partial charge in [-0.3, -0.25) is 9.36 Å². The maximum atomic E-state index is 13.0. The van der Waals surface area contributed by atoms with E-state index in [-0.39, 0.29) is 11.5 Å². The lowest BCUT2D eigenvalue weighted by Crippen LogP contribution is -2.32. The Kier molecular flexibility index (Phi) is 4.08. The van der Waals surface area contributed by atoms with Crippen molar-refractivity contribution < 1.29 is 9.90 Å². The van der Waals surface area contributed by atoms with Crippen LogP contribution in [0.5, 0.6) is 0 Å². The van der Waals surface area contributed by atoms with Crippen LogP contribution in [0.3, 0.4) is 0 Å². The first-order chi connectivity index (χ1) is 10.9. The van der Waals surface area contributed by atoms with Crippen LogP contribution in [0.1, 0.15) is 38.6 Å². The number of nitrogens with zero attached hydrogens (tertiary/aromatic N) is 2. The number of carboxylic acids is 1. The lowest BCUT2D eigenvalue weighted by molar-refractivity contribution is -0.140. The smallest absolute Gasteiger partial charge is 0.326 e. The van der Waals surface area contributed by atoms with Gasteiger partial charge in [-0.1, -0.05) is 19.9 Å². The largest absolute Gasteiger partial charge is 0.480 e. The van der Waals surface area contributed by atoms with Crippen molar-refractivity contribution in [3.63, 3.8) is 0 Å². The normalized spacial score (nSPS) is 12.9. The van der Waals surface area contributed by atoms with Crippen molar-refractivity contribution in [3.05, 3.63) is 39.1 Å². The highest BCUT2D eigenvalue weighted by Gasteiger charge is 2.24. The van der Waals surface area contributed by atoms with Crippen LogP contribution in [0, 0.1) is 0 Å². The van der Waals surface area contributed by atoms with Crippen molar-refractivity contribution in [1.29, 1.82) is 0 Å². The molecule has 120 valence electrons. The van der Waals surface area contributed by atoms with Crippen LogP contribution in [-0.2, 0) is 4.79 Å². The zero-order chi connectivity index (χ0) is 16.7. The summed E-state index contributed by atoms with van der Waals surface area (Å²) in [7, 11) is 0. The number of rotatable bonds is 4. The first-order valence-corrected chi connectivity index (χ1v) is 8.98. The minimum absolute atomic E-state index is 0.0406. The first-order valence-electron chi connectivity index (χ1n) is 7.22. The number of hydrogen-bond acceptors (Lipinski definition) is 5. The lowest BCUT2D eigenvalue weighted by atomic mass is 10.1. The van der Waals surface area contributed by atoms with E-state index in [1.165, 1.54) is 22.8 Å². The van der Waals surface area contributed by atoms with Crippen molar-refractivity contribution in [1.82, 2.24) is 9.55 Å². The molecule has 0 saturated carbocycles. The Balaban J connectivity index is 2.38. The van der Waals surface area contributed by atoms with Gasteiger partial charge in [-0.15, -0.1) is 22.7 Å². The lowest BCUT2D eigenvalue weighted by Gasteiger charge is -2.18. The summed E-state index contributed by atoms with van der Waals surface area (Å²) in [5.41, 5.74) is 0.553. The second-order valence-corrected chi connectivity index (χ2v) is 7.43. The summed E-state index contributed by atoms with van der Waals surface area (Å²) in [6.45, 7) is 5.33. The molecule has 3 aromatic heterocycles. The first kappa shape index (κ1) is 15.9. The van der Waals surface area contributed by atoms with E-state index in [1.54, 1.807) is 11.3 Å².